The number of allylic oxidation sites excluding steroid dienone is 2. The molecule has 37 heavy (non-hydrogen) atoms. The van der Waals surface area contributed by atoms with Crippen molar-refractivity contribution in [3.63, 3.8) is 0 Å². The topological polar surface area (TPSA) is 53.5 Å². The predicted octanol–water partition coefficient (Wildman–Crippen LogP) is 6.77. The number of benzene rings is 1. The molecular weight excluding hydrogens is 496 g/mol. The molecule has 0 saturated carbocycles. The van der Waals surface area contributed by atoms with Crippen molar-refractivity contribution in [3.8, 4) is 5.75 Å². The Bertz CT molecular complexity index is 859. The van der Waals surface area contributed by atoms with Crippen LogP contribution in [0.4, 0.5) is 0 Å². The number of thiol groups is 2. The molecule has 1 aromatic rings. The van der Waals surface area contributed by atoms with E-state index in [2.05, 4.69) is 117 Å². The van der Waals surface area contributed by atoms with Crippen molar-refractivity contribution in [1.82, 2.24) is 10.6 Å². The van der Waals surface area contributed by atoms with Gasteiger partial charge >= 0.3 is 0 Å². The van der Waals surface area contributed by atoms with E-state index in [0.717, 1.165) is 30.9 Å². The van der Waals surface area contributed by atoms with Crippen LogP contribution in [0.2, 0.25) is 0 Å². The van der Waals surface area contributed by atoms with Crippen molar-refractivity contribution in [2.75, 3.05) is 25.9 Å². The third kappa shape index (κ3) is 10.8. The summed E-state index contributed by atoms with van der Waals surface area (Å²) in [5.74, 6) is 2.09. The second-order valence-electron chi connectivity index (χ2n) is 13.0. The Morgan fingerprint density at radius 1 is 1.11 bits per heavy atom. The monoisotopic (exact) mass is 552 g/mol. The van der Waals surface area contributed by atoms with E-state index in [0.29, 0.717) is 17.9 Å². The van der Waals surface area contributed by atoms with Crippen molar-refractivity contribution >= 4 is 25.3 Å². The fraction of sp³-hybridized carbons (Fsp3) is 0.742. The first-order chi connectivity index (χ1) is 17.0. The summed E-state index contributed by atoms with van der Waals surface area (Å²) in [4.78, 5) is 0. The Balaban J connectivity index is 0.000000738. The molecule has 3 N–H and O–H groups in total. The fourth-order valence-corrected chi connectivity index (χ4v) is 4.64. The van der Waals surface area contributed by atoms with Crippen LogP contribution < -0.4 is 15.4 Å². The van der Waals surface area contributed by atoms with Crippen LogP contribution in [0, 0.1) is 10.8 Å². The van der Waals surface area contributed by atoms with Crippen molar-refractivity contribution in [3.05, 3.63) is 41.0 Å². The van der Waals surface area contributed by atoms with Crippen LogP contribution in [-0.4, -0.2) is 48.5 Å². The van der Waals surface area contributed by atoms with Crippen molar-refractivity contribution < 1.29 is 9.84 Å². The Hall–Kier alpha value is -0.660. The van der Waals surface area contributed by atoms with E-state index in [1.807, 2.05) is 7.05 Å². The van der Waals surface area contributed by atoms with Gasteiger partial charge in [0.15, 0.2) is 0 Å². The molecule has 0 bridgehead atoms. The molecule has 1 aliphatic rings. The van der Waals surface area contributed by atoms with Gasteiger partial charge in [0.1, 0.15) is 18.0 Å². The van der Waals surface area contributed by atoms with Gasteiger partial charge in [-0.05, 0) is 78.6 Å². The van der Waals surface area contributed by atoms with Crippen molar-refractivity contribution in [2.24, 2.45) is 10.8 Å². The van der Waals surface area contributed by atoms with Crippen molar-refractivity contribution in [2.45, 2.75) is 111 Å². The smallest absolute Gasteiger partial charge is 0.130 e. The predicted molar refractivity (Wildman–Crippen MR) is 169 cm³/mol. The molecule has 3 unspecified atom stereocenters. The van der Waals surface area contributed by atoms with Gasteiger partial charge in [-0.25, -0.2) is 0 Å². The summed E-state index contributed by atoms with van der Waals surface area (Å²) in [6, 6.07) is 4.44. The average molecular weight is 553 g/mol. The number of ether oxygens (including phenoxy) is 1. The zero-order chi connectivity index (χ0) is 28.6. The van der Waals surface area contributed by atoms with Crippen LogP contribution in [0.15, 0.2) is 24.3 Å². The SMILES string of the molecule is CC/C=C/C(C)(C)C.CNC(C)(C)c1cc2c(cc1C(C)C)OC(C(O)CNCC(S)C(C)(C)CS)C2. The molecule has 3 atom stereocenters. The highest BCUT2D eigenvalue weighted by Crippen LogP contribution is 2.39. The normalized spacial score (nSPS) is 17.9. The van der Waals surface area contributed by atoms with E-state index < -0.39 is 6.10 Å². The minimum absolute atomic E-state index is 0.0357. The number of aliphatic hydroxyl groups excluding tert-OH is 1. The van der Waals surface area contributed by atoms with Crippen LogP contribution in [0.25, 0.3) is 0 Å². The third-order valence-corrected chi connectivity index (χ3v) is 8.83. The minimum Gasteiger partial charge on any atom is -0.487 e. The van der Waals surface area contributed by atoms with E-state index >= 15 is 0 Å². The molecule has 4 nitrogen and oxygen atoms in total. The first-order valence-corrected chi connectivity index (χ1v) is 15.0. The Kier molecular flexibility index (Phi) is 13.6. The first kappa shape index (κ1) is 34.4. The van der Waals surface area contributed by atoms with Gasteiger partial charge < -0.3 is 20.5 Å². The largest absolute Gasteiger partial charge is 0.487 e. The summed E-state index contributed by atoms with van der Waals surface area (Å²) >= 11 is 9.10. The number of hydrogen-bond acceptors (Lipinski definition) is 6. The Labute approximate surface area is 239 Å². The number of aliphatic hydroxyl groups is 1. The van der Waals surface area contributed by atoms with Gasteiger partial charge in [-0.2, -0.15) is 25.3 Å². The van der Waals surface area contributed by atoms with Gasteiger partial charge in [-0.3, -0.25) is 0 Å². The molecule has 1 aromatic carbocycles. The summed E-state index contributed by atoms with van der Waals surface area (Å²) in [6.07, 6.45) is 5.55. The summed E-state index contributed by atoms with van der Waals surface area (Å²) in [5.41, 5.74) is 4.07. The summed E-state index contributed by atoms with van der Waals surface area (Å²) in [7, 11) is 2.00. The van der Waals surface area contributed by atoms with Gasteiger partial charge in [-0.15, -0.1) is 0 Å². The van der Waals surface area contributed by atoms with Crippen LogP contribution in [0.1, 0.15) is 98.3 Å². The maximum atomic E-state index is 10.7. The van der Waals surface area contributed by atoms with Crippen molar-refractivity contribution in [1.29, 1.82) is 0 Å². The average Bonchev–Trinajstić information content (AvgIpc) is 3.25. The molecule has 214 valence electrons. The van der Waals surface area contributed by atoms with Crippen LogP contribution in [-0.2, 0) is 12.0 Å². The van der Waals surface area contributed by atoms with E-state index in [1.54, 1.807) is 0 Å². The molecule has 0 fully saturated rings. The number of rotatable bonds is 11. The number of nitrogens with one attached hydrogen (secondary N) is 2. The lowest BCUT2D eigenvalue weighted by Crippen LogP contribution is -2.43. The summed E-state index contributed by atoms with van der Waals surface area (Å²) in [5, 5.41) is 17.7. The van der Waals surface area contributed by atoms with E-state index in [4.69, 9.17) is 17.4 Å². The standard InChI is InChI=1S/C23H40N2O2S2.C8H16/c1-14(2)16-10-19-15(8-17(16)23(5,6)24-7)9-20(27-19)18(26)11-25-12-21(29)22(3,4)13-28;1-5-6-7-8(2,3)4/h8,10,14,18,20-21,24-26,28-29H,9,11-13H2,1-7H3;6-7H,5H2,1-4H3/b;7-6+. The molecule has 2 rings (SSSR count). The fourth-order valence-electron chi connectivity index (χ4n) is 4.05. The van der Waals surface area contributed by atoms with Crippen LogP contribution >= 0.6 is 25.3 Å². The third-order valence-electron chi connectivity index (χ3n) is 7.14. The lowest BCUT2D eigenvalue weighted by atomic mass is 9.84. The second kappa shape index (κ2) is 14.6. The maximum Gasteiger partial charge on any atom is 0.130 e. The highest BCUT2D eigenvalue weighted by molar-refractivity contribution is 7.81. The lowest BCUT2D eigenvalue weighted by molar-refractivity contribution is 0.0498. The zero-order valence-corrected chi connectivity index (χ0v) is 27.2. The van der Waals surface area contributed by atoms with E-state index in [1.165, 1.54) is 16.7 Å². The van der Waals surface area contributed by atoms with Gasteiger partial charge in [0.2, 0.25) is 0 Å². The maximum absolute atomic E-state index is 10.7. The number of fused-ring (bicyclic) bond motifs is 1. The highest BCUT2D eigenvalue weighted by atomic mass is 32.1. The highest BCUT2D eigenvalue weighted by Gasteiger charge is 2.33. The molecule has 0 spiro atoms. The molecular formula is C31H56N2O2S2. The molecule has 0 aliphatic carbocycles. The first-order valence-electron chi connectivity index (χ1n) is 13.9. The number of hydrogen-bond donors (Lipinski definition) is 5. The minimum atomic E-state index is -0.565. The summed E-state index contributed by atoms with van der Waals surface area (Å²) < 4.78 is 6.17. The van der Waals surface area contributed by atoms with Gasteiger partial charge in [0, 0.05) is 30.3 Å². The van der Waals surface area contributed by atoms with Gasteiger partial charge in [-0.1, -0.05) is 67.5 Å². The molecule has 1 heterocycles. The second-order valence-corrected chi connectivity index (χ2v) is 13.9. The van der Waals surface area contributed by atoms with E-state index in [-0.39, 0.29) is 22.3 Å². The Morgan fingerprint density at radius 3 is 2.19 bits per heavy atom. The molecule has 0 aromatic heterocycles. The molecule has 0 saturated heterocycles. The van der Waals surface area contributed by atoms with Gasteiger partial charge in [0.05, 0.1) is 0 Å². The molecule has 1 aliphatic heterocycles. The van der Waals surface area contributed by atoms with E-state index in [9.17, 15) is 5.11 Å². The molecule has 0 radical (unpaired) electrons. The Morgan fingerprint density at radius 2 is 1.73 bits per heavy atom. The lowest BCUT2D eigenvalue weighted by Gasteiger charge is -2.30. The van der Waals surface area contributed by atoms with Gasteiger partial charge in [0.25, 0.3) is 0 Å². The molecule has 0 amide bonds. The quantitative estimate of drug-likeness (QED) is 0.155. The zero-order valence-electron chi connectivity index (χ0n) is 25.4. The summed E-state index contributed by atoms with van der Waals surface area (Å²) in [6.45, 7) is 23.1. The van der Waals surface area contributed by atoms with Crippen LogP contribution in [0.5, 0.6) is 5.75 Å². The van der Waals surface area contributed by atoms with Crippen LogP contribution in [0.3, 0.4) is 0 Å². The molecule has 6 heteroatoms.